The average Bonchev–Trinajstić information content (AvgIpc) is 2.85. The molecule has 0 fully saturated rings. The van der Waals surface area contributed by atoms with E-state index in [2.05, 4.69) is 40.1 Å². The van der Waals surface area contributed by atoms with E-state index in [0.717, 1.165) is 6.42 Å². The minimum absolute atomic E-state index is 0.267. The monoisotopic (exact) mass is 329 g/mol. The Balaban J connectivity index is 2.13. The number of allylic oxidation sites excluding steroid dienone is 2. The van der Waals surface area contributed by atoms with E-state index < -0.39 is 17.9 Å². The highest BCUT2D eigenvalue weighted by molar-refractivity contribution is 5.95. The second-order valence-corrected chi connectivity index (χ2v) is 5.65. The molecule has 24 heavy (non-hydrogen) atoms. The van der Waals surface area contributed by atoms with Crippen molar-refractivity contribution in [1.82, 2.24) is 4.57 Å². The average molecular weight is 329 g/mol. The van der Waals surface area contributed by atoms with Crippen LogP contribution in [0.1, 0.15) is 17.7 Å². The van der Waals surface area contributed by atoms with Crippen molar-refractivity contribution in [3.8, 4) is 0 Å². The van der Waals surface area contributed by atoms with Crippen molar-refractivity contribution >= 4 is 22.8 Å². The van der Waals surface area contributed by atoms with E-state index in [1.807, 2.05) is 24.3 Å². The van der Waals surface area contributed by atoms with Crippen LogP contribution in [0, 0.1) is 12.8 Å². The maximum Gasteiger partial charge on any atom is 0.320 e. The third-order valence-electron chi connectivity index (χ3n) is 4.36. The standard InChI is InChI=1S/C19H23NO4/c1-13-14(15-10-7-8-12-17(15)20(13)2)9-5-6-11-16(18(21)23-3)19(22)24-4/h5-8,10,12,16H,9,11H2,1-4H3/b6-5+. The molecule has 0 atom stereocenters. The number of nitrogens with zero attached hydrogens (tertiary/aromatic N) is 1. The molecule has 0 aliphatic heterocycles. The van der Waals surface area contributed by atoms with Crippen molar-refractivity contribution in [2.24, 2.45) is 13.0 Å². The first-order valence-electron chi connectivity index (χ1n) is 7.84. The molecule has 1 heterocycles. The van der Waals surface area contributed by atoms with E-state index in [9.17, 15) is 9.59 Å². The number of fused-ring (bicyclic) bond motifs is 1. The van der Waals surface area contributed by atoms with E-state index in [4.69, 9.17) is 0 Å². The topological polar surface area (TPSA) is 57.5 Å². The number of hydrogen-bond acceptors (Lipinski definition) is 4. The molecule has 0 bridgehead atoms. The number of carbonyl (C=O) groups excluding carboxylic acids is 2. The third-order valence-corrected chi connectivity index (χ3v) is 4.36. The van der Waals surface area contributed by atoms with Crippen LogP contribution in [0.5, 0.6) is 0 Å². The zero-order valence-electron chi connectivity index (χ0n) is 14.5. The zero-order valence-corrected chi connectivity index (χ0v) is 14.5. The van der Waals surface area contributed by atoms with Gasteiger partial charge in [-0.15, -0.1) is 0 Å². The van der Waals surface area contributed by atoms with Crippen LogP contribution in [0.25, 0.3) is 10.9 Å². The highest BCUT2D eigenvalue weighted by Gasteiger charge is 2.27. The van der Waals surface area contributed by atoms with Gasteiger partial charge in [0.15, 0.2) is 5.92 Å². The van der Waals surface area contributed by atoms with Gasteiger partial charge in [0.05, 0.1) is 14.2 Å². The van der Waals surface area contributed by atoms with E-state index in [1.54, 1.807) is 0 Å². The van der Waals surface area contributed by atoms with Crippen LogP contribution >= 0.6 is 0 Å². The molecule has 0 unspecified atom stereocenters. The second kappa shape index (κ2) is 7.81. The summed E-state index contributed by atoms with van der Waals surface area (Å²) in [6.07, 6.45) is 4.82. The molecule has 0 saturated heterocycles. The maximum absolute atomic E-state index is 11.6. The summed E-state index contributed by atoms with van der Waals surface area (Å²) in [5, 5.41) is 1.22. The predicted octanol–water partition coefficient (Wildman–Crippen LogP) is 2.94. The van der Waals surface area contributed by atoms with Crippen molar-refractivity contribution in [3.63, 3.8) is 0 Å². The Morgan fingerprint density at radius 3 is 2.38 bits per heavy atom. The minimum atomic E-state index is -0.912. The highest BCUT2D eigenvalue weighted by atomic mass is 16.5. The summed E-state index contributed by atoms with van der Waals surface area (Å²) in [6, 6.07) is 8.26. The molecule has 128 valence electrons. The number of aryl methyl sites for hydroxylation is 1. The van der Waals surface area contributed by atoms with Crippen molar-refractivity contribution < 1.29 is 19.1 Å². The summed E-state index contributed by atoms with van der Waals surface area (Å²) in [6.45, 7) is 2.09. The van der Waals surface area contributed by atoms with Crippen LogP contribution < -0.4 is 0 Å². The fourth-order valence-corrected chi connectivity index (χ4v) is 2.86. The lowest BCUT2D eigenvalue weighted by Gasteiger charge is -2.09. The van der Waals surface area contributed by atoms with Crippen molar-refractivity contribution in [3.05, 3.63) is 47.7 Å². The summed E-state index contributed by atoms with van der Waals surface area (Å²) in [5.41, 5.74) is 3.65. The minimum Gasteiger partial charge on any atom is -0.468 e. The molecular formula is C19H23NO4. The van der Waals surface area contributed by atoms with E-state index in [0.29, 0.717) is 0 Å². The molecule has 0 aliphatic carbocycles. The fourth-order valence-electron chi connectivity index (χ4n) is 2.86. The lowest BCUT2D eigenvalue weighted by Crippen LogP contribution is -2.25. The maximum atomic E-state index is 11.6. The highest BCUT2D eigenvalue weighted by Crippen LogP contribution is 2.25. The smallest absolute Gasteiger partial charge is 0.320 e. The number of rotatable bonds is 6. The van der Waals surface area contributed by atoms with Gasteiger partial charge in [0.1, 0.15) is 0 Å². The van der Waals surface area contributed by atoms with Gasteiger partial charge in [-0.3, -0.25) is 9.59 Å². The molecule has 0 N–H and O–H groups in total. The van der Waals surface area contributed by atoms with Crippen LogP contribution in [0.4, 0.5) is 0 Å². The third kappa shape index (κ3) is 3.50. The SMILES string of the molecule is COC(=O)C(C/C=C/Cc1c(C)n(C)c2ccccc12)C(=O)OC. The van der Waals surface area contributed by atoms with E-state index >= 15 is 0 Å². The Morgan fingerprint density at radius 2 is 1.75 bits per heavy atom. The molecule has 2 aromatic rings. The molecule has 0 amide bonds. The summed E-state index contributed by atoms with van der Waals surface area (Å²) in [5.74, 6) is -2.06. The van der Waals surface area contributed by atoms with Gasteiger partial charge >= 0.3 is 11.9 Å². The summed E-state index contributed by atoms with van der Waals surface area (Å²) in [4.78, 5) is 23.3. The Labute approximate surface area is 141 Å². The lowest BCUT2D eigenvalue weighted by atomic mass is 10.0. The number of esters is 2. The zero-order chi connectivity index (χ0) is 17.7. The molecule has 2 rings (SSSR count). The number of benzene rings is 1. The summed E-state index contributed by atoms with van der Waals surface area (Å²) >= 11 is 0. The van der Waals surface area contributed by atoms with Gasteiger partial charge in [-0.25, -0.2) is 0 Å². The van der Waals surface area contributed by atoms with Crippen LogP contribution in [0.15, 0.2) is 36.4 Å². The number of ether oxygens (including phenoxy) is 2. The van der Waals surface area contributed by atoms with Gasteiger partial charge in [0.25, 0.3) is 0 Å². The van der Waals surface area contributed by atoms with Gasteiger partial charge in [-0.1, -0.05) is 30.4 Å². The predicted molar refractivity (Wildman–Crippen MR) is 92.6 cm³/mol. The number of hydrogen-bond donors (Lipinski definition) is 0. The van der Waals surface area contributed by atoms with Gasteiger partial charge in [0, 0.05) is 23.6 Å². The Morgan fingerprint density at radius 1 is 1.12 bits per heavy atom. The van der Waals surface area contributed by atoms with E-state index in [1.165, 1.54) is 36.4 Å². The quantitative estimate of drug-likeness (QED) is 0.464. The normalized spacial score (nSPS) is 11.4. The summed E-state index contributed by atoms with van der Waals surface area (Å²) in [7, 11) is 4.58. The first kappa shape index (κ1) is 17.8. The summed E-state index contributed by atoms with van der Waals surface area (Å²) < 4.78 is 11.5. The van der Waals surface area contributed by atoms with Crippen LogP contribution in [-0.2, 0) is 32.5 Å². The molecule has 5 nitrogen and oxygen atoms in total. The van der Waals surface area contributed by atoms with E-state index in [-0.39, 0.29) is 6.42 Å². The van der Waals surface area contributed by atoms with Gasteiger partial charge in [-0.05, 0) is 31.4 Å². The fraction of sp³-hybridized carbons (Fsp3) is 0.368. The molecule has 1 aromatic heterocycles. The van der Waals surface area contributed by atoms with Crippen molar-refractivity contribution in [2.75, 3.05) is 14.2 Å². The second-order valence-electron chi connectivity index (χ2n) is 5.65. The molecule has 0 aliphatic rings. The molecule has 5 heteroatoms. The number of methoxy groups -OCH3 is 2. The van der Waals surface area contributed by atoms with Crippen LogP contribution in [-0.4, -0.2) is 30.7 Å². The van der Waals surface area contributed by atoms with Gasteiger partial charge in [-0.2, -0.15) is 0 Å². The van der Waals surface area contributed by atoms with Crippen LogP contribution in [0.2, 0.25) is 0 Å². The molecule has 0 spiro atoms. The Hall–Kier alpha value is -2.56. The van der Waals surface area contributed by atoms with Crippen LogP contribution in [0.3, 0.4) is 0 Å². The number of para-hydroxylation sites is 1. The lowest BCUT2D eigenvalue weighted by molar-refractivity contribution is -0.158. The van der Waals surface area contributed by atoms with Crippen molar-refractivity contribution in [1.29, 1.82) is 0 Å². The molecule has 0 saturated carbocycles. The van der Waals surface area contributed by atoms with Gasteiger partial charge in [0.2, 0.25) is 0 Å². The first-order chi connectivity index (χ1) is 11.5. The largest absolute Gasteiger partial charge is 0.468 e. The molecule has 0 radical (unpaired) electrons. The molecular weight excluding hydrogens is 306 g/mol. The molecule has 1 aromatic carbocycles. The first-order valence-corrected chi connectivity index (χ1v) is 7.84. The van der Waals surface area contributed by atoms with Gasteiger partial charge < -0.3 is 14.0 Å². The Bertz CT molecular complexity index is 757. The number of carbonyl (C=O) groups is 2. The number of aromatic nitrogens is 1. The van der Waals surface area contributed by atoms with Crippen molar-refractivity contribution in [2.45, 2.75) is 19.8 Å². The Kier molecular flexibility index (Phi) is 5.79.